The molecule has 0 bridgehead atoms. The minimum Gasteiger partial charge on any atom is -0.378 e. The van der Waals surface area contributed by atoms with Crippen molar-refractivity contribution in [2.24, 2.45) is 0 Å². The van der Waals surface area contributed by atoms with Gasteiger partial charge in [-0.2, -0.15) is 0 Å². The molecule has 1 aromatic rings. The summed E-state index contributed by atoms with van der Waals surface area (Å²) < 4.78 is 0. The molecule has 3 N–H and O–H groups in total. The normalized spacial score (nSPS) is 16.0. The maximum Gasteiger partial charge on any atom is 0.309 e. The number of nitrogens with one attached hydrogen (secondary N) is 3. The van der Waals surface area contributed by atoms with Crippen molar-refractivity contribution in [1.29, 1.82) is 0 Å². The van der Waals surface area contributed by atoms with Crippen molar-refractivity contribution in [2.75, 3.05) is 45.7 Å². The van der Waals surface area contributed by atoms with Crippen LogP contribution < -0.4 is 20.4 Å². The number of benzene rings is 1. The molecule has 126 valence electrons. The lowest BCUT2D eigenvalue weighted by molar-refractivity contribution is -0.918. The lowest BCUT2D eigenvalue weighted by Crippen LogP contribution is -3.11. The first kappa shape index (κ1) is 17.3. The van der Waals surface area contributed by atoms with Gasteiger partial charge in [0, 0.05) is 45.2 Å². The lowest BCUT2D eigenvalue weighted by atomic mass is 10.0. The molecule has 1 aromatic carbocycles. The summed E-state index contributed by atoms with van der Waals surface area (Å²) in [7, 11) is 5.49. The second-order valence-corrected chi connectivity index (χ2v) is 6.19. The van der Waals surface area contributed by atoms with Crippen LogP contribution >= 0.6 is 0 Å². The Kier molecular flexibility index (Phi) is 5.98. The highest BCUT2D eigenvalue weighted by Gasteiger charge is 2.28. The molecule has 1 aliphatic rings. The molecule has 1 aliphatic heterocycles. The van der Waals surface area contributed by atoms with Crippen LogP contribution in [0, 0.1) is 0 Å². The van der Waals surface area contributed by atoms with Gasteiger partial charge in [0.15, 0.2) is 0 Å². The molecule has 0 unspecified atom stereocenters. The van der Waals surface area contributed by atoms with Crippen molar-refractivity contribution in [2.45, 2.75) is 18.9 Å². The number of likely N-dealkylation sites (N-methyl/N-ethyl adjacent to an activating group) is 1. The summed E-state index contributed by atoms with van der Waals surface area (Å²) in [6.07, 6.45) is 2.43. The summed E-state index contributed by atoms with van der Waals surface area (Å²) in [5.74, 6) is -1.16. The van der Waals surface area contributed by atoms with Crippen LogP contribution in [0.25, 0.3) is 0 Å². The van der Waals surface area contributed by atoms with Crippen molar-refractivity contribution in [1.82, 2.24) is 10.6 Å². The quantitative estimate of drug-likeness (QED) is 0.631. The molecule has 0 radical (unpaired) electrons. The van der Waals surface area contributed by atoms with E-state index in [1.54, 1.807) is 0 Å². The van der Waals surface area contributed by atoms with Gasteiger partial charge in [-0.15, -0.1) is 0 Å². The third-order valence-corrected chi connectivity index (χ3v) is 4.45. The predicted molar refractivity (Wildman–Crippen MR) is 90.5 cm³/mol. The number of quaternary nitrogens is 1. The van der Waals surface area contributed by atoms with Gasteiger partial charge in [0.2, 0.25) is 0 Å². The molecule has 1 saturated heterocycles. The molecule has 1 heterocycles. The fourth-order valence-corrected chi connectivity index (χ4v) is 3.07. The second kappa shape index (κ2) is 7.97. The summed E-state index contributed by atoms with van der Waals surface area (Å²) in [5.41, 5.74) is 2.35. The van der Waals surface area contributed by atoms with Gasteiger partial charge in [0.05, 0.1) is 19.6 Å². The minimum absolute atomic E-state index is 0.183. The van der Waals surface area contributed by atoms with Crippen LogP contribution in [0.5, 0.6) is 0 Å². The Hall–Kier alpha value is -2.08. The molecule has 2 amide bonds. The van der Waals surface area contributed by atoms with Crippen LogP contribution in [0.4, 0.5) is 5.69 Å². The highest BCUT2D eigenvalue weighted by molar-refractivity contribution is 6.35. The zero-order chi connectivity index (χ0) is 16.8. The summed E-state index contributed by atoms with van der Waals surface area (Å²) in [6, 6.07) is 8.62. The predicted octanol–water partition coefficient (Wildman–Crippen LogP) is -0.665. The largest absolute Gasteiger partial charge is 0.378 e. The van der Waals surface area contributed by atoms with E-state index < -0.39 is 11.8 Å². The maximum absolute atomic E-state index is 11.7. The SMILES string of the molecule is CNC(=O)C(=O)NC[C@H](c1ccc(N(C)C)cc1)[NH+]1CCCC1. The van der Waals surface area contributed by atoms with Gasteiger partial charge in [0.1, 0.15) is 6.04 Å². The number of hydrogen-bond donors (Lipinski definition) is 3. The minimum atomic E-state index is -0.594. The zero-order valence-corrected chi connectivity index (χ0v) is 14.2. The molecule has 2 rings (SSSR count). The Morgan fingerprint density at radius 2 is 1.74 bits per heavy atom. The van der Waals surface area contributed by atoms with E-state index in [-0.39, 0.29) is 6.04 Å². The highest BCUT2D eigenvalue weighted by Crippen LogP contribution is 2.17. The number of anilines is 1. The highest BCUT2D eigenvalue weighted by atomic mass is 16.2. The smallest absolute Gasteiger partial charge is 0.309 e. The Morgan fingerprint density at radius 1 is 1.13 bits per heavy atom. The third-order valence-electron chi connectivity index (χ3n) is 4.45. The van der Waals surface area contributed by atoms with Gasteiger partial charge >= 0.3 is 11.8 Å². The summed E-state index contributed by atoms with van der Waals surface area (Å²) in [4.78, 5) is 26.6. The average Bonchev–Trinajstić information content (AvgIpc) is 3.08. The number of hydrogen-bond acceptors (Lipinski definition) is 3. The molecule has 0 aromatic heterocycles. The van der Waals surface area contributed by atoms with Crippen LogP contribution in [0.3, 0.4) is 0 Å². The van der Waals surface area contributed by atoms with E-state index >= 15 is 0 Å². The fraction of sp³-hybridized carbons (Fsp3) is 0.529. The van der Waals surface area contributed by atoms with E-state index in [4.69, 9.17) is 0 Å². The van der Waals surface area contributed by atoms with Crippen LogP contribution in [0.1, 0.15) is 24.4 Å². The third kappa shape index (κ3) is 4.45. The van der Waals surface area contributed by atoms with Crippen LogP contribution in [-0.2, 0) is 9.59 Å². The van der Waals surface area contributed by atoms with Gasteiger partial charge in [0.25, 0.3) is 0 Å². The summed E-state index contributed by atoms with van der Waals surface area (Å²) in [6.45, 7) is 2.69. The zero-order valence-electron chi connectivity index (χ0n) is 14.2. The monoisotopic (exact) mass is 319 g/mol. The molecular formula is C17H27N4O2+. The van der Waals surface area contributed by atoms with E-state index in [2.05, 4.69) is 39.8 Å². The summed E-state index contributed by atoms with van der Waals surface area (Å²) in [5, 5.41) is 5.12. The van der Waals surface area contributed by atoms with E-state index in [1.165, 1.54) is 30.4 Å². The topological polar surface area (TPSA) is 65.9 Å². The number of likely N-dealkylation sites (tertiary alicyclic amines) is 1. The van der Waals surface area contributed by atoms with E-state index in [0.717, 1.165) is 18.8 Å². The first-order valence-corrected chi connectivity index (χ1v) is 8.14. The van der Waals surface area contributed by atoms with Crippen molar-refractivity contribution in [3.63, 3.8) is 0 Å². The molecule has 0 aliphatic carbocycles. The Morgan fingerprint density at radius 3 is 2.26 bits per heavy atom. The van der Waals surface area contributed by atoms with Gasteiger partial charge < -0.3 is 20.4 Å². The first-order chi connectivity index (χ1) is 11.0. The molecule has 6 nitrogen and oxygen atoms in total. The lowest BCUT2D eigenvalue weighted by Gasteiger charge is -2.25. The van der Waals surface area contributed by atoms with Gasteiger partial charge in [-0.1, -0.05) is 12.1 Å². The molecule has 1 fully saturated rings. The molecule has 23 heavy (non-hydrogen) atoms. The van der Waals surface area contributed by atoms with Crippen molar-refractivity contribution in [3.05, 3.63) is 29.8 Å². The first-order valence-electron chi connectivity index (χ1n) is 8.14. The van der Waals surface area contributed by atoms with E-state index in [0.29, 0.717) is 6.54 Å². The maximum atomic E-state index is 11.7. The number of amides is 2. The Bertz CT molecular complexity index is 536. The number of nitrogens with zero attached hydrogens (tertiary/aromatic N) is 1. The summed E-state index contributed by atoms with van der Waals surface area (Å²) >= 11 is 0. The average molecular weight is 319 g/mol. The van der Waals surface area contributed by atoms with Gasteiger partial charge in [-0.3, -0.25) is 9.59 Å². The van der Waals surface area contributed by atoms with Gasteiger partial charge in [-0.05, 0) is 12.1 Å². The molecular weight excluding hydrogens is 292 g/mol. The standard InChI is InChI=1S/C17H26N4O2/c1-18-16(22)17(23)19-12-15(21-10-4-5-11-21)13-6-8-14(9-7-13)20(2)3/h6-9,15H,4-5,10-12H2,1-3H3,(H,18,22)(H,19,23)/p+1/t15-/m1/s1. The number of carbonyl (C=O) groups is 2. The fourth-order valence-electron chi connectivity index (χ4n) is 3.07. The number of carbonyl (C=O) groups excluding carboxylic acids is 2. The number of rotatable bonds is 5. The molecule has 1 atom stereocenters. The Labute approximate surface area is 137 Å². The van der Waals surface area contributed by atoms with Crippen molar-refractivity contribution >= 4 is 17.5 Å². The van der Waals surface area contributed by atoms with Crippen molar-refractivity contribution < 1.29 is 14.5 Å². The van der Waals surface area contributed by atoms with Gasteiger partial charge in [-0.25, -0.2) is 0 Å². The van der Waals surface area contributed by atoms with Crippen LogP contribution in [-0.4, -0.2) is 52.6 Å². The van der Waals surface area contributed by atoms with Crippen LogP contribution in [0.2, 0.25) is 0 Å². The molecule has 0 spiro atoms. The molecule has 6 heteroatoms. The Balaban J connectivity index is 2.10. The second-order valence-electron chi connectivity index (χ2n) is 6.19. The molecule has 0 saturated carbocycles. The van der Waals surface area contributed by atoms with E-state index in [9.17, 15) is 9.59 Å². The van der Waals surface area contributed by atoms with Crippen LogP contribution in [0.15, 0.2) is 24.3 Å². The van der Waals surface area contributed by atoms with Crippen molar-refractivity contribution in [3.8, 4) is 0 Å². The van der Waals surface area contributed by atoms with E-state index in [1.807, 2.05) is 14.1 Å².